The van der Waals surface area contributed by atoms with Gasteiger partial charge in [0.2, 0.25) is 0 Å². The number of halogens is 3. The fraction of sp³-hybridized carbons (Fsp3) is 0.500. The van der Waals surface area contributed by atoms with E-state index in [4.69, 9.17) is 5.73 Å². The van der Waals surface area contributed by atoms with Gasteiger partial charge in [0.15, 0.2) is 0 Å². The molecule has 1 aromatic carbocycles. The van der Waals surface area contributed by atoms with Gasteiger partial charge in [0.25, 0.3) is 0 Å². The van der Waals surface area contributed by atoms with Crippen LogP contribution in [0.15, 0.2) is 24.3 Å². The first-order valence-corrected chi connectivity index (χ1v) is 6.96. The number of hydrogen-bond acceptors (Lipinski definition) is 2. The third-order valence-corrected chi connectivity index (χ3v) is 4.36. The fourth-order valence-corrected chi connectivity index (χ4v) is 2.67. The first-order chi connectivity index (χ1) is 8.34. The lowest BCUT2D eigenvalue weighted by Gasteiger charge is -2.11. The minimum Gasteiger partial charge on any atom is -0.330 e. The van der Waals surface area contributed by atoms with E-state index < -0.39 is 22.5 Å². The molecule has 1 aromatic rings. The van der Waals surface area contributed by atoms with Crippen molar-refractivity contribution in [3.63, 3.8) is 0 Å². The maximum atomic E-state index is 12.3. The number of hydrogen-bond donors (Lipinski definition) is 1. The Kier molecular flexibility index (Phi) is 5.34. The smallest absolute Gasteiger partial charge is 0.330 e. The summed E-state index contributed by atoms with van der Waals surface area (Å²) in [4.78, 5) is 0. The second-order valence-corrected chi connectivity index (χ2v) is 5.96. The van der Waals surface area contributed by atoms with Crippen LogP contribution in [0.3, 0.4) is 0 Å². The molecule has 0 fully saturated rings. The predicted octanol–water partition coefficient (Wildman–Crippen LogP) is 2.69. The largest absolute Gasteiger partial charge is 0.416 e. The van der Waals surface area contributed by atoms with E-state index in [1.54, 1.807) is 0 Å². The summed E-state index contributed by atoms with van der Waals surface area (Å²) >= 11 is 0. The molecular formula is C12H16F3NOS. The van der Waals surface area contributed by atoms with Crippen molar-refractivity contribution in [2.45, 2.75) is 30.5 Å². The summed E-state index contributed by atoms with van der Waals surface area (Å²) < 4.78 is 48.8. The molecule has 102 valence electrons. The summed E-state index contributed by atoms with van der Waals surface area (Å²) in [6.45, 7) is 2.28. The van der Waals surface area contributed by atoms with Crippen molar-refractivity contribution in [1.82, 2.24) is 0 Å². The van der Waals surface area contributed by atoms with Gasteiger partial charge in [0.05, 0.1) is 5.56 Å². The normalized spacial score (nSPS) is 15.4. The van der Waals surface area contributed by atoms with Gasteiger partial charge in [-0.05, 0) is 30.7 Å². The molecule has 0 aliphatic carbocycles. The summed E-state index contributed by atoms with van der Waals surface area (Å²) in [6, 6.07) is 4.77. The Morgan fingerprint density at radius 3 is 2.28 bits per heavy atom. The SMILES string of the molecule is CC(CCN)S(=O)Cc1ccc(C(F)(F)F)cc1. The molecule has 18 heavy (non-hydrogen) atoms. The monoisotopic (exact) mass is 279 g/mol. The van der Waals surface area contributed by atoms with Crippen molar-refractivity contribution in [2.75, 3.05) is 6.54 Å². The molecule has 0 amide bonds. The lowest BCUT2D eigenvalue weighted by Crippen LogP contribution is -2.17. The summed E-state index contributed by atoms with van der Waals surface area (Å²) in [5.41, 5.74) is 5.32. The number of benzene rings is 1. The molecular weight excluding hydrogens is 263 g/mol. The molecule has 2 nitrogen and oxygen atoms in total. The fourth-order valence-electron chi connectivity index (χ4n) is 1.46. The topological polar surface area (TPSA) is 43.1 Å². The molecule has 0 radical (unpaired) electrons. The number of rotatable bonds is 5. The van der Waals surface area contributed by atoms with Gasteiger partial charge in [-0.3, -0.25) is 4.21 Å². The molecule has 6 heteroatoms. The molecule has 0 aliphatic heterocycles. The maximum absolute atomic E-state index is 12.3. The van der Waals surface area contributed by atoms with E-state index in [2.05, 4.69) is 0 Å². The standard InChI is InChI=1S/C12H16F3NOS/c1-9(6-7-16)18(17)8-10-2-4-11(5-3-10)12(13,14)15/h2-5,9H,6-8,16H2,1H3. The molecule has 0 saturated heterocycles. The molecule has 0 saturated carbocycles. The molecule has 0 aliphatic rings. The van der Waals surface area contributed by atoms with Gasteiger partial charge in [-0.15, -0.1) is 0 Å². The molecule has 0 aromatic heterocycles. The highest BCUT2D eigenvalue weighted by Gasteiger charge is 2.29. The van der Waals surface area contributed by atoms with Crippen molar-refractivity contribution in [1.29, 1.82) is 0 Å². The van der Waals surface area contributed by atoms with Gasteiger partial charge >= 0.3 is 6.18 Å². The molecule has 0 heterocycles. The van der Waals surface area contributed by atoms with Crippen molar-refractivity contribution in [3.05, 3.63) is 35.4 Å². The summed E-state index contributed by atoms with van der Waals surface area (Å²) in [5.74, 6) is 0.263. The van der Waals surface area contributed by atoms with E-state index in [-0.39, 0.29) is 11.0 Å². The Labute approximate surface area is 107 Å². The molecule has 2 unspecified atom stereocenters. The predicted molar refractivity (Wildman–Crippen MR) is 66.4 cm³/mol. The van der Waals surface area contributed by atoms with Crippen LogP contribution >= 0.6 is 0 Å². The Morgan fingerprint density at radius 2 is 1.83 bits per heavy atom. The third-order valence-electron chi connectivity index (χ3n) is 2.61. The van der Waals surface area contributed by atoms with Crippen molar-refractivity contribution in [3.8, 4) is 0 Å². The Morgan fingerprint density at radius 1 is 1.28 bits per heavy atom. The van der Waals surface area contributed by atoms with E-state index in [0.29, 0.717) is 18.5 Å². The maximum Gasteiger partial charge on any atom is 0.416 e. The number of nitrogens with two attached hydrogens (primary N) is 1. The van der Waals surface area contributed by atoms with Crippen molar-refractivity contribution >= 4 is 10.8 Å². The van der Waals surface area contributed by atoms with Gasteiger partial charge in [-0.25, -0.2) is 0 Å². The highest BCUT2D eigenvalue weighted by Crippen LogP contribution is 2.29. The molecule has 0 spiro atoms. The second kappa shape index (κ2) is 6.33. The van der Waals surface area contributed by atoms with Crippen LogP contribution in [0.1, 0.15) is 24.5 Å². The van der Waals surface area contributed by atoms with Gasteiger partial charge in [-0.2, -0.15) is 13.2 Å². The zero-order chi connectivity index (χ0) is 13.8. The molecule has 2 atom stereocenters. The molecule has 0 bridgehead atoms. The van der Waals surface area contributed by atoms with Crippen LogP contribution < -0.4 is 5.73 Å². The van der Waals surface area contributed by atoms with Crippen LogP contribution in [-0.2, 0) is 22.7 Å². The first-order valence-electron chi connectivity index (χ1n) is 5.58. The Balaban J connectivity index is 2.67. The summed E-state index contributed by atoms with van der Waals surface area (Å²) in [5, 5.41) is -0.0442. The quantitative estimate of drug-likeness (QED) is 0.900. The minimum atomic E-state index is -4.33. The third kappa shape index (κ3) is 4.42. The first kappa shape index (κ1) is 15.2. The van der Waals surface area contributed by atoms with Gasteiger partial charge in [0.1, 0.15) is 0 Å². The highest BCUT2D eigenvalue weighted by atomic mass is 32.2. The summed E-state index contributed by atoms with van der Waals surface area (Å²) in [6.07, 6.45) is -3.68. The Hall–Kier alpha value is -0.880. The molecule has 2 N–H and O–H groups in total. The van der Waals surface area contributed by atoms with Crippen LogP contribution in [0.5, 0.6) is 0 Å². The average Bonchev–Trinajstić information content (AvgIpc) is 2.28. The van der Waals surface area contributed by atoms with Crippen molar-refractivity contribution in [2.24, 2.45) is 5.73 Å². The van der Waals surface area contributed by atoms with Crippen LogP contribution in [-0.4, -0.2) is 16.0 Å². The van der Waals surface area contributed by atoms with E-state index in [1.165, 1.54) is 12.1 Å². The van der Waals surface area contributed by atoms with E-state index in [9.17, 15) is 17.4 Å². The highest BCUT2D eigenvalue weighted by molar-refractivity contribution is 7.84. The lowest BCUT2D eigenvalue weighted by atomic mass is 10.1. The zero-order valence-corrected chi connectivity index (χ0v) is 10.9. The van der Waals surface area contributed by atoms with Gasteiger partial charge in [0, 0.05) is 21.8 Å². The lowest BCUT2D eigenvalue weighted by molar-refractivity contribution is -0.137. The van der Waals surface area contributed by atoms with Crippen LogP contribution in [0.2, 0.25) is 0 Å². The molecule has 1 rings (SSSR count). The number of alkyl halides is 3. The van der Waals surface area contributed by atoms with Crippen LogP contribution in [0, 0.1) is 0 Å². The second-order valence-electron chi connectivity index (χ2n) is 4.11. The van der Waals surface area contributed by atoms with Crippen molar-refractivity contribution < 1.29 is 17.4 Å². The van der Waals surface area contributed by atoms with Gasteiger partial charge < -0.3 is 5.73 Å². The summed E-state index contributed by atoms with van der Waals surface area (Å²) in [7, 11) is -1.10. The minimum absolute atomic E-state index is 0.0442. The van der Waals surface area contributed by atoms with E-state index in [1.807, 2.05) is 6.92 Å². The van der Waals surface area contributed by atoms with Crippen LogP contribution in [0.25, 0.3) is 0 Å². The van der Waals surface area contributed by atoms with E-state index >= 15 is 0 Å². The van der Waals surface area contributed by atoms with E-state index in [0.717, 1.165) is 12.1 Å². The average molecular weight is 279 g/mol. The Bertz CT molecular complexity index is 403. The van der Waals surface area contributed by atoms with Gasteiger partial charge in [-0.1, -0.05) is 19.1 Å². The zero-order valence-electron chi connectivity index (χ0n) is 10.0. The van der Waals surface area contributed by atoms with Crippen LogP contribution in [0.4, 0.5) is 13.2 Å².